The number of methoxy groups -OCH3 is 1. The number of rotatable bonds is 9. The maximum absolute atomic E-state index is 12.8. The van der Waals surface area contributed by atoms with E-state index in [9.17, 15) is 9.59 Å². The zero-order valence-electron chi connectivity index (χ0n) is 16.5. The van der Waals surface area contributed by atoms with Crippen molar-refractivity contribution in [2.24, 2.45) is 10.7 Å². The Bertz CT molecular complexity index is 770. The molecule has 28 heavy (non-hydrogen) atoms. The third kappa shape index (κ3) is 5.61. The van der Waals surface area contributed by atoms with Gasteiger partial charge in [-0.25, -0.2) is 10.1 Å². The number of pyridine rings is 1. The van der Waals surface area contributed by atoms with E-state index in [1.54, 1.807) is 19.3 Å². The number of amides is 2. The molecule has 9 nitrogen and oxygen atoms in total. The van der Waals surface area contributed by atoms with E-state index in [-0.39, 0.29) is 29.8 Å². The van der Waals surface area contributed by atoms with Crippen molar-refractivity contribution in [3.8, 4) is 0 Å². The van der Waals surface area contributed by atoms with Crippen molar-refractivity contribution in [3.05, 3.63) is 29.1 Å². The fraction of sp³-hybridized carbons (Fsp3) is 0.474. The fourth-order valence-electron chi connectivity index (χ4n) is 2.65. The highest BCUT2D eigenvalue weighted by molar-refractivity contribution is 6.05. The van der Waals surface area contributed by atoms with Crippen molar-refractivity contribution in [2.45, 2.75) is 26.7 Å². The van der Waals surface area contributed by atoms with Gasteiger partial charge in [0.25, 0.3) is 11.8 Å². The molecule has 1 aliphatic heterocycles. The molecule has 0 bridgehead atoms. The molecule has 1 aromatic heterocycles. The molecular weight excluding hydrogens is 362 g/mol. The van der Waals surface area contributed by atoms with Crippen molar-refractivity contribution >= 4 is 29.4 Å². The lowest BCUT2D eigenvalue weighted by Crippen LogP contribution is -2.34. The van der Waals surface area contributed by atoms with Crippen LogP contribution >= 0.6 is 0 Å². The summed E-state index contributed by atoms with van der Waals surface area (Å²) in [6.45, 7) is 5.45. The molecule has 152 valence electrons. The molecular formula is C19H27N5O4. The van der Waals surface area contributed by atoms with Crippen LogP contribution in [-0.2, 0) is 14.4 Å². The Morgan fingerprint density at radius 2 is 2.14 bits per heavy atom. The van der Waals surface area contributed by atoms with Gasteiger partial charge in [-0.2, -0.15) is 0 Å². The van der Waals surface area contributed by atoms with Gasteiger partial charge in [-0.15, -0.1) is 0 Å². The lowest BCUT2D eigenvalue weighted by Gasteiger charge is -2.21. The topological polar surface area (TPSA) is 119 Å². The van der Waals surface area contributed by atoms with E-state index >= 15 is 0 Å². The molecule has 2 heterocycles. The number of carbonyl (C=O) groups is 2. The van der Waals surface area contributed by atoms with Crippen LogP contribution in [0.25, 0.3) is 6.08 Å². The predicted molar refractivity (Wildman–Crippen MR) is 106 cm³/mol. The van der Waals surface area contributed by atoms with E-state index < -0.39 is 0 Å². The Morgan fingerprint density at radius 3 is 2.82 bits per heavy atom. The van der Waals surface area contributed by atoms with Gasteiger partial charge in [0.2, 0.25) is 0 Å². The number of ether oxygens (including phenoxy) is 1. The number of hydrogen-bond acceptors (Lipinski definition) is 7. The van der Waals surface area contributed by atoms with Crippen LogP contribution in [0.4, 0.5) is 5.69 Å². The summed E-state index contributed by atoms with van der Waals surface area (Å²) in [4.78, 5) is 39.0. The highest BCUT2D eigenvalue weighted by Crippen LogP contribution is 2.27. The zero-order valence-corrected chi connectivity index (χ0v) is 16.5. The van der Waals surface area contributed by atoms with Crippen LogP contribution in [0, 0.1) is 0 Å². The summed E-state index contributed by atoms with van der Waals surface area (Å²) >= 11 is 0. The predicted octanol–water partition coefficient (Wildman–Crippen LogP) is 1.42. The lowest BCUT2D eigenvalue weighted by molar-refractivity contribution is -0.180. The van der Waals surface area contributed by atoms with Gasteiger partial charge < -0.3 is 15.8 Å². The minimum atomic E-state index is -0.330. The monoisotopic (exact) mass is 389 g/mol. The van der Waals surface area contributed by atoms with Gasteiger partial charge in [0.1, 0.15) is 11.5 Å². The van der Waals surface area contributed by atoms with E-state index in [1.807, 2.05) is 13.8 Å². The largest absolute Gasteiger partial charge is 0.387 e. The second kappa shape index (κ2) is 10.5. The number of hydroxylamine groups is 2. The molecule has 0 radical (unpaired) electrons. The first kappa shape index (κ1) is 21.5. The SMILES string of the molecule is CCCN(OCC)C(=O)C1=Cc2cnc(C(=O)NCCOC)cc2N=C(N)C1. The number of nitrogens with zero attached hydrogens (tertiary/aromatic N) is 3. The number of nitrogens with one attached hydrogen (secondary N) is 1. The van der Waals surface area contributed by atoms with Gasteiger partial charge in [0.15, 0.2) is 0 Å². The molecule has 0 atom stereocenters. The number of aliphatic imine (C=N–C) groups is 1. The first-order chi connectivity index (χ1) is 13.5. The van der Waals surface area contributed by atoms with Gasteiger partial charge >= 0.3 is 0 Å². The summed E-state index contributed by atoms with van der Waals surface area (Å²) in [5.41, 5.74) is 7.80. The number of carbonyl (C=O) groups excluding carboxylic acids is 2. The van der Waals surface area contributed by atoms with Crippen molar-refractivity contribution in [1.82, 2.24) is 15.4 Å². The summed E-state index contributed by atoms with van der Waals surface area (Å²) in [6.07, 6.45) is 4.17. The smallest absolute Gasteiger partial charge is 0.273 e. The minimum Gasteiger partial charge on any atom is -0.387 e. The Labute approximate surface area is 164 Å². The maximum Gasteiger partial charge on any atom is 0.273 e. The van der Waals surface area contributed by atoms with E-state index in [4.69, 9.17) is 15.3 Å². The van der Waals surface area contributed by atoms with Crippen LogP contribution in [-0.4, -0.2) is 61.1 Å². The van der Waals surface area contributed by atoms with E-state index in [1.165, 1.54) is 11.3 Å². The molecule has 0 fully saturated rings. The molecule has 0 spiro atoms. The molecule has 0 saturated heterocycles. The molecule has 2 rings (SSSR count). The van der Waals surface area contributed by atoms with E-state index in [0.717, 1.165) is 6.42 Å². The minimum absolute atomic E-state index is 0.191. The highest BCUT2D eigenvalue weighted by Gasteiger charge is 2.22. The number of hydrogen-bond donors (Lipinski definition) is 2. The average Bonchev–Trinajstić information content (AvgIpc) is 2.84. The number of amidine groups is 1. The molecule has 2 amide bonds. The second-order valence-corrected chi connectivity index (χ2v) is 6.15. The summed E-state index contributed by atoms with van der Waals surface area (Å²) in [6, 6.07) is 1.56. The summed E-state index contributed by atoms with van der Waals surface area (Å²) in [5, 5.41) is 4.05. The fourth-order valence-corrected chi connectivity index (χ4v) is 2.65. The molecule has 0 unspecified atom stereocenters. The average molecular weight is 389 g/mol. The Morgan fingerprint density at radius 1 is 1.36 bits per heavy atom. The first-order valence-corrected chi connectivity index (χ1v) is 9.25. The van der Waals surface area contributed by atoms with E-state index in [0.29, 0.717) is 43.1 Å². The normalized spacial score (nSPS) is 13.1. The summed E-state index contributed by atoms with van der Waals surface area (Å²) < 4.78 is 4.91. The molecule has 0 aliphatic carbocycles. The Kier molecular flexibility index (Phi) is 8.09. The van der Waals surface area contributed by atoms with Crippen molar-refractivity contribution in [3.63, 3.8) is 0 Å². The van der Waals surface area contributed by atoms with Gasteiger partial charge in [-0.05, 0) is 25.5 Å². The first-order valence-electron chi connectivity index (χ1n) is 9.25. The second-order valence-electron chi connectivity index (χ2n) is 6.15. The van der Waals surface area contributed by atoms with Crippen LogP contribution in [0.3, 0.4) is 0 Å². The standard InChI is InChI=1S/C19H27N5O4/c1-4-7-24(28-5-2)19(26)13-9-14-12-22-16(18(25)21-6-8-27-3)11-15(14)23-17(20)10-13/h9,11-12H,4-8,10H2,1-3H3,(H2,20,23)(H,21,25). The quantitative estimate of drug-likeness (QED) is 0.487. The van der Waals surface area contributed by atoms with Crippen LogP contribution in [0.5, 0.6) is 0 Å². The third-order valence-corrected chi connectivity index (χ3v) is 3.91. The molecule has 1 aliphatic rings. The Balaban J connectivity index is 2.28. The lowest BCUT2D eigenvalue weighted by atomic mass is 10.1. The van der Waals surface area contributed by atoms with Crippen LogP contribution in [0.15, 0.2) is 22.8 Å². The van der Waals surface area contributed by atoms with Gasteiger partial charge in [0.05, 0.1) is 18.9 Å². The van der Waals surface area contributed by atoms with Crippen LogP contribution in [0.2, 0.25) is 0 Å². The number of nitrogens with two attached hydrogens (primary N) is 1. The third-order valence-electron chi connectivity index (χ3n) is 3.91. The maximum atomic E-state index is 12.8. The molecule has 9 heteroatoms. The molecule has 1 aromatic rings. The van der Waals surface area contributed by atoms with Crippen LogP contribution < -0.4 is 11.1 Å². The molecule has 0 saturated carbocycles. The van der Waals surface area contributed by atoms with Gasteiger partial charge in [-0.1, -0.05) is 6.92 Å². The van der Waals surface area contributed by atoms with E-state index in [2.05, 4.69) is 15.3 Å². The Hall–Kier alpha value is -2.78. The van der Waals surface area contributed by atoms with Crippen molar-refractivity contribution < 1.29 is 19.2 Å². The molecule has 0 aromatic carbocycles. The van der Waals surface area contributed by atoms with Crippen molar-refractivity contribution in [1.29, 1.82) is 0 Å². The zero-order chi connectivity index (χ0) is 20.5. The number of fused-ring (bicyclic) bond motifs is 1. The summed E-state index contributed by atoms with van der Waals surface area (Å²) in [5.74, 6) is -0.303. The number of aromatic nitrogens is 1. The van der Waals surface area contributed by atoms with Gasteiger partial charge in [-0.3, -0.25) is 19.4 Å². The summed E-state index contributed by atoms with van der Waals surface area (Å²) in [7, 11) is 1.56. The van der Waals surface area contributed by atoms with Gasteiger partial charge in [0, 0.05) is 44.0 Å². The highest BCUT2D eigenvalue weighted by atomic mass is 16.7. The van der Waals surface area contributed by atoms with Crippen molar-refractivity contribution in [2.75, 3.05) is 33.4 Å². The molecule has 3 N–H and O–H groups in total. The van der Waals surface area contributed by atoms with Crippen LogP contribution in [0.1, 0.15) is 42.7 Å².